The molecule has 0 saturated carbocycles. The Kier molecular flexibility index (Phi) is 7.63. The van der Waals surface area contributed by atoms with Crippen LogP contribution < -0.4 is 10.1 Å². The summed E-state index contributed by atoms with van der Waals surface area (Å²) in [6, 6.07) is 13.8. The lowest BCUT2D eigenvalue weighted by Gasteiger charge is -2.12. The van der Waals surface area contributed by atoms with Gasteiger partial charge in [0, 0.05) is 10.6 Å². The highest BCUT2D eigenvalue weighted by atomic mass is 32.2. The van der Waals surface area contributed by atoms with Crippen LogP contribution >= 0.6 is 23.5 Å². The van der Waals surface area contributed by atoms with E-state index in [1.54, 1.807) is 43.0 Å². The zero-order chi connectivity index (χ0) is 21.5. The molecule has 1 N–H and O–H groups in total. The van der Waals surface area contributed by atoms with Crippen molar-refractivity contribution in [3.05, 3.63) is 54.1 Å². The number of nitrogens with zero attached hydrogens (tertiary/aromatic N) is 4. The topological polar surface area (TPSA) is 81.9 Å². The number of aromatic nitrogens is 4. The Balaban J connectivity index is 1.58. The number of hydrogen-bond acceptors (Lipinski definition) is 7. The summed E-state index contributed by atoms with van der Waals surface area (Å²) >= 11 is 1.69. The number of carbonyl (C=O) groups excluding carboxylic acids is 1. The van der Waals surface area contributed by atoms with Crippen LogP contribution in [0.4, 0.5) is 14.5 Å². The second-order valence-electron chi connectivity index (χ2n) is 6.12. The highest BCUT2D eigenvalue weighted by molar-refractivity contribution is 8.00. The minimum atomic E-state index is -2.48. The Morgan fingerprint density at radius 3 is 2.47 bits per heavy atom. The molecule has 30 heavy (non-hydrogen) atoms. The van der Waals surface area contributed by atoms with Crippen LogP contribution in [0, 0.1) is 0 Å². The van der Waals surface area contributed by atoms with Gasteiger partial charge in [0.1, 0.15) is 5.75 Å². The Morgan fingerprint density at radius 1 is 1.13 bits per heavy atom. The van der Waals surface area contributed by atoms with Crippen molar-refractivity contribution in [1.29, 1.82) is 0 Å². The summed E-state index contributed by atoms with van der Waals surface area (Å²) in [5.74, 6) is -1.96. The summed E-state index contributed by atoms with van der Waals surface area (Å²) < 4.78 is 31.5. The lowest BCUT2D eigenvalue weighted by molar-refractivity contribution is -0.115. The Labute approximate surface area is 180 Å². The SMILES string of the molecule is COc1ccc(Cn2nnnc2SC(C)C(=O)Nc2ccc(SC(F)F)cc2)cc1. The van der Waals surface area contributed by atoms with E-state index in [2.05, 4.69) is 20.8 Å². The van der Waals surface area contributed by atoms with Gasteiger partial charge in [0.15, 0.2) is 0 Å². The largest absolute Gasteiger partial charge is 0.497 e. The molecule has 0 aliphatic heterocycles. The number of halogens is 2. The normalized spacial score (nSPS) is 12.0. The van der Waals surface area contributed by atoms with Crippen LogP contribution in [0.15, 0.2) is 58.6 Å². The molecule has 1 amide bonds. The molecule has 0 fully saturated rings. The van der Waals surface area contributed by atoms with E-state index in [1.807, 2.05) is 24.3 Å². The molecule has 7 nitrogen and oxygen atoms in total. The predicted octanol–water partition coefficient (Wildman–Crippen LogP) is 4.16. The summed E-state index contributed by atoms with van der Waals surface area (Å²) in [5, 5.41) is 14.5. The molecule has 1 heterocycles. The molecule has 0 spiro atoms. The van der Waals surface area contributed by atoms with Crippen molar-refractivity contribution in [3.63, 3.8) is 0 Å². The van der Waals surface area contributed by atoms with Crippen LogP contribution in [-0.2, 0) is 11.3 Å². The fourth-order valence-corrected chi connectivity index (χ4v) is 3.75. The van der Waals surface area contributed by atoms with E-state index < -0.39 is 11.0 Å². The Bertz CT molecular complexity index is 968. The van der Waals surface area contributed by atoms with Gasteiger partial charge in [-0.3, -0.25) is 4.79 Å². The number of benzene rings is 2. The number of ether oxygens (including phenoxy) is 1. The van der Waals surface area contributed by atoms with Gasteiger partial charge < -0.3 is 10.1 Å². The van der Waals surface area contributed by atoms with Crippen molar-refractivity contribution in [1.82, 2.24) is 20.2 Å². The molecule has 0 saturated heterocycles. The standard InChI is InChI=1S/C19H19F2N5O2S2/c1-12(17(27)22-14-5-9-16(10-6-14)30-18(20)21)29-19-23-24-25-26(19)11-13-3-7-15(28-2)8-4-13/h3-10,12,18H,11H2,1-2H3,(H,22,27). The van der Waals surface area contributed by atoms with E-state index in [0.717, 1.165) is 11.3 Å². The lowest BCUT2D eigenvalue weighted by Crippen LogP contribution is -2.23. The first kappa shape index (κ1) is 22.0. The van der Waals surface area contributed by atoms with Crippen molar-refractivity contribution in [3.8, 4) is 5.75 Å². The molecule has 1 aromatic heterocycles. The van der Waals surface area contributed by atoms with Crippen LogP contribution in [0.25, 0.3) is 0 Å². The molecule has 0 radical (unpaired) electrons. The molecule has 1 unspecified atom stereocenters. The quantitative estimate of drug-likeness (QED) is 0.489. The summed E-state index contributed by atoms with van der Waals surface area (Å²) in [7, 11) is 1.61. The van der Waals surface area contributed by atoms with Gasteiger partial charge in [-0.1, -0.05) is 35.7 Å². The number of alkyl halides is 2. The smallest absolute Gasteiger partial charge is 0.288 e. The molecule has 158 valence electrons. The summed E-state index contributed by atoms with van der Waals surface area (Å²) in [6.07, 6.45) is 0. The van der Waals surface area contributed by atoms with Gasteiger partial charge in [0.2, 0.25) is 11.1 Å². The fraction of sp³-hybridized carbons (Fsp3) is 0.263. The van der Waals surface area contributed by atoms with Crippen LogP contribution in [0.3, 0.4) is 0 Å². The number of hydrogen-bond donors (Lipinski definition) is 1. The van der Waals surface area contributed by atoms with Crippen LogP contribution in [-0.4, -0.2) is 44.2 Å². The minimum absolute atomic E-state index is 0.242. The van der Waals surface area contributed by atoms with E-state index in [9.17, 15) is 13.6 Å². The number of amides is 1. The van der Waals surface area contributed by atoms with Crippen molar-refractivity contribution in [2.45, 2.75) is 34.5 Å². The number of thioether (sulfide) groups is 2. The van der Waals surface area contributed by atoms with E-state index in [4.69, 9.17) is 4.74 Å². The summed E-state index contributed by atoms with van der Waals surface area (Å²) in [4.78, 5) is 12.9. The molecule has 0 bridgehead atoms. The zero-order valence-corrected chi connectivity index (χ0v) is 17.8. The van der Waals surface area contributed by atoms with Crippen LogP contribution in [0.2, 0.25) is 0 Å². The van der Waals surface area contributed by atoms with Crippen molar-refractivity contribution >= 4 is 35.1 Å². The van der Waals surface area contributed by atoms with Crippen LogP contribution in [0.1, 0.15) is 12.5 Å². The second-order valence-corrected chi connectivity index (χ2v) is 8.49. The Hall–Kier alpha value is -2.66. The van der Waals surface area contributed by atoms with Gasteiger partial charge in [-0.2, -0.15) is 8.78 Å². The maximum atomic E-state index is 12.5. The number of tetrazole rings is 1. The molecule has 0 aliphatic carbocycles. The first-order chi connectivity index (χ1) is 14.4. The monoisotopic (exact) mass is 451 g/mol. The number of nitrogens with one attached hydrogen (secondary N) is 1. The molecular weight excluding hydrogens is 432 g/mol. The summed E-state index contributed by atoms with van der Waals surface area (Å²) in [6.45, 7) is 2.20. The van der Waals surface area contributed by atoms with E-state index >= 15 is 0 Å². The first-order valence-corrected chi connectivity index (χ1v) is 10.6. The molecule has 3 rings (SSSR count). The average molecular weight is 452 g/mol. The van der Waals surface area contributed by atoms with Gasteiger partial charge >= 0.3 is 0 Å². The average Bonchev–Trinajstić information content (AvgIpc) is 3.16. The van der Waals surface area contributed by atoms with Gasteiger partial charge in [-0.15, -0.1) is 5.10 Å². The molecule has 0 aliphatic rings. The molecular formula is C19H19F2N5O2S2. The maximum Gasteiger partial charge on any atom is 0.288 e. The summed E-state index contributed by atoms with van der Waals surface area (Å²) in [5.41, 5.74) is 1.52. The van der Waals surface area contributed by atoms with E-state index in [-0.39, 0.29) is 5.91 Å². The first-order valence-electron chi connectivity index (χ1n) is 8.86. The molecule has 2 aromatic carbocycles. The number of methoxy groups -OCH3 is 1. The van der Waals surface area contributed by atoms with Crippen LogP contribution in [0.5, 0.6) is 5.75 Å². The lowest BCUT2D eigenvalue weighted by atomic mass is 10.2. The highest BCUT2D eigenvalue weighted by Gasteiger charge is 2.19. The number of rotatable bonds is 9. The Morgan fingerprint density at radius 2 is 1.83 bits per heavy atom. The zero-order valence-electron chi connectivity index (χ0n) is 16.2. The van der Waals surface area contributed by atoms with Gasteiger partial charge in [0.05, 0.1) is 18.9 Å². The third-order valence-corrected chi connectivity index (χ3v) is 5.78. The highest BCUT2D eigenvalue weighted by Crippen LogP contribution is 2.27. The fourth-order valence-electron chi connectivity index (χ4n) is 2.46. The third kappa shape index (κ3) is 6.17. The van der Waals surface area contributed by atoms with E-state index in [0.29, 0.717) is 34.0 Å². The minimum Gasteiger partial charge on any atom is -0.497 e. The predicted molar refractivity (Wildman–Crippen MR) is 112 cm³/mol. The van der Waals surface area contributed by atoms with Gasteiger partial charge in [-0.05, 0) is 59.3 Å². The van der Waals surface area contributed by atoms with E-state index in [1.165, 1.54) is 11.8 Å². The molecule has 3 aromatic rings. The number of carbonyl (C=O) groups is 1. The second kappa shape index (κ2) is 10.4. The third-order valence-electron chi connectivity index (χ3n) is 3.99. The van der Waals surface area contributed by atoms with Gasteiger partial charge in [-0.25, -0.2) is 4.68 Å². The van der Waals surface area contributed by atoms with Crippen molar-refractivity contribution in [2.24, 2.45) is 0 Å². The molecule has 11 heteroatoms. The maximum absolute atomic E-state index is 12.5. The van der Waals surface area contributed by atoms with Gasteiger partial charge in [0.25, 0.3) is 5.76 Å². The van der Waals surface area contributed by atoms with Crippen molar-refractivity contribution < 1.29 is 18.3 Å². The van der Waals surface area contributed by atoms with Crippen molar-refractivity contribution in [2.75, 3.05) is 12.4 Å². The number of anilines is 1. The molecule has 1 atom stereocenters.